The average molecular weight is 365 g/mol. The average Bonchev–Trinajstić information content (AvgIpc) is 2.73. The lowest BCUT2D eigenvalue weighted by molar-refractivity contribution is -0.914. The Kier molecular flexibility index (Phi) is 5.94. The number of rotatable bonds is 5. The molecule has 6 nitrogen and oxygen atoms in total. The van der Waals surface area contributed by atoms with Gasteiger partial charge in [0.2, 0.25) is 0 Å². The second kappa shape index (κ2) is 8.56. The summed E-state index contributed by atoms with van der Waals surface area (Å²) in [6.07, 6.45) is 0. The van der Waals surface area contributed by atoms with Gasteiger partial charge in [-0.05, 0) is 37.3 Å². The number of carbonyl (C=O) groups excluding carboxylic acids is 1. The minimum Gasteiger partial charge on any atom is -0.497 e. The van der Waals surface area contributed by atoms with Gasteiger partial charge >= 0.3 is 0 Å². The van der Waals surface area contributed by atoms with Crippen LogP contribution in [0.2, 0.25) is 0 Å². The van der Waals surface area contributed by atoms with E-state index in [1.54, 1.807) is 25.3 Å². The van der Waals surface area contributed by atoms with E-state index in [-0.39, 0.29) is 11.9 Å². The van der Waals surface area contributed by atoms with Crippen molar-refractivity contribution in [2.45, 2.75) is 13.0 Å². The molecule has 0 aliphatic carbocycles. The Morgan fingerprint density at radius 1 is 1.22 bits per heavy atom. The summed E-state index contributed by atoms with van der Waals surface area (Å²) in [7, 11) is 1.67. The normalized spacial score (nSPS) is 15.7. The summed E-state index contributed by atoms with van der Waals surface area (Å²) >= 11 is 0. The summed E-state index contributed by atoms with van der Waals surface area (Å²) < 4.78 is 5.30. The van der Waals surface area contributed by atoms with Gasteiger partial charge in [0.1, 0.15) is 5.75 Å². The fourth-order valence-electron chi connectivity index (χ4n) is 3.39. The molecule has 0 radical (unpaired) electrons. The highest BCUT2D eigenvalue weighted by molar-refractivity contribution is 5.93. The van der Waals surface area contributed by atoms with E-state index in [1.165, 1.54) is 4.90 Å². The van der Waals surface area contributed by atoms with Crippen molar-refractivity contribution in [3.05, 3.63) is 54.1 Å². The molecule has 1 atom stereocenters. The van der Waals surface area contributed by atoms with E-state index in [1.807, 2.05) is 31.2 Å². The predicted molar refractivity (Wildman–Crippen MR) is 105 cm³/mol. The topological polar surface area (TPSA) is 69.8 Å². The van der Waals surface area contributed by atoms with E-state index in [2.05, 4.69) is 22.4 Å². The molecule has 0 bridgehead atoms. The highest BCUT2D eigenvalue weighted by atomic mass is 16.5. The minimum atomic E-state index is -0.150. The van der Waals surface area contributed by atoms with Gasteiger partial charge in [-0.3, -0.25) is 4.79 Å². The third-order valence-electron chi connectivity index (χ3n) is 5.09. The largest absolute Gasteiger partial charge is 0.497 e. The van der Waals surface area contributed by atoms with Crippen LogP contribution >= 0.6 is 0 Å². The van der Waals surface area contributed by atoms with Crippen LogP contribution < -0.4 is 19.9 Å². The summed E-state index contributed by atoms with van der Waals surface area (Å²) in [6, 6.07) is 17.0. The summed E-state index contributed by atoms with van der Waals surface area (Å²) in [5.74, 6) is 0.838. The van der Waals surface area contributed by atoms with Crippen LogP contribution in [0, 0.1) is 11.3 Å². The Morgan fingerprint density at radius 3 is 2.67 bits per heavy atom. The van der Waals surface area contributed by atoms with Crippen molar-refractivity contribution in [1.29, 1.82) is 5.26 Å². The van der Waals surface area contributed by atoms with Crippen molar-refractivity contribution < 1.29 is 14.4 Å². The fourth-order valence-corrected chi connectivity index (χ4v) is 3.39. The van der Waals surface area contributed by atoms with E-state index < -0.39 is 0 Å². The lowest BCUT2D eigenvalue weighted by Crippen LogP contribution is -3.19. The van der Waals surface area contributed by atoms with E-state index >= 15 is 0 Å². The third kappa shape index (κ3) is 4.57. The number of ether oxygens (including phenoxy) is 1. The standard InChI is InChI=1S/C21H24N4O2/c1-16(21(26)23-18-6-3-5-17(13-18)15-22)24-9-11-25(12-10-24)19-7-4-8-20(14-19)27-2/h3-8,13-14,16H,9-12H2,1-2H3,(H,23,26)/p+1/t16-/m0/s1. The fraction of sp³-hybridized carbons (Fsp3) is 0.333. The zero-order valence-corrected chi connectivity index (χ0v) is 15.7. The summed E-state index contributed by atoms with van der Waals surface area (Å²) in [5, 5.41) is 11.9. The molecule has 1 heterocycles. The first-order valence-corrected chi connectivity index (χ1v) is 9.15. The second-order valence-electron chi connectivity index (χ2n) is 6.75. The monoisotopic (exact) mass is 365 g/mol. The molecule has 6 heteroatoms. The van der Waals surface area contributed by atoms with Crippen LogP contribution in [0.25, 0.3) is 0 Å². The molecule has 1 saturated heterocycles. The van der Waals surface area contributed by atoms with Crippen molar-refractivity contribution in [3.63, 3.8) is 0 Å². The van der Waals surface area contributed by atoms with Gasteiger partial charge in [0.05, 0.1) is 44.9 Å². The molecule has 1 amide bonds. The SMILES string of the molecule is COc1cccc(N2CC[NH+]([C@@H](C)C(=O)Nc3cccc(C#N)c3)CC2)c1. The Hall–Kier alpha value is -3.04. The molecule has 140 valence electrons. The van der Waals surface area contributed by atoms with Crippen LogP contribution in [-0.2, 0) is 4.79 Å². The van der Waals surface area contributed by atoms with E-state index in [0.29, 0.717) is 11.3 Å². The van der Waals surface area contributed by atoms with Gasteiger partial charge < -0.3 is 19.9 Å². The van der Waals surface area contributed by atoms with E-state index in [9.17, 15) is 4.79 Å². The van der Waals surface area contributed by atoms with Crippen LogP contribution in [-0.4, -0.2) is 45.2 Å². The molecular weight excluding hydrogens is 340 g/mol. The van der Waals surface area contributed by atoms with Crippen molar-refractivity contribution in [3.8, 4) is 11.8 Å². The third-order valence-corrected chi connectivity index (χ3v) is 5.09. The number of benzene rings is 2. The molecule has 0 unspecified atom stereocenters. The van der Waals surface area contributed by atoms with Crippen LogP contribution in [0.5, 0.6) is 5.75 Å². The van der Waals surface area contributed by atoms with Gasteiger partial charge in [0, 0.05) is 17.4 Å². The summed E-state index contributed by atoms with van der Waals surface area (Å²) in [4.78, 5) is 16.2. The first-order chi connectivity index (χ1) is 13.1. The number of hydrogen-bond acceptors (Lipinski definition) is 4. The molecule has 1 fully saturated rings. The minimum absolute atomic E-state index is 0.0186. The number of nitrogens with one attached hydrogen (secondary N) is 2. The molecule has 0 aromatic heterocycles. The Bertz CT molecular complexity index is 838. The van der Waals surface area contributed by atoms with Crippen molar-refractivity contribution in [2.75, 3.05) is 43.5 Å². The zero-order chi connectivity index (χ0) is 19.2. The van der Waals surface area contributed by atoms with Crippen LogP contribution in [0.4, 0.5) is 11.4 Å². The molecular formula is C21H25N4O2+. The number of anilines is 2. The first-order valence-electron chi connectivity index (χ1n) is 9.15. The molecule has 0 saturated carbocycles. The van der Waals surface area contributed by atoms with Crippen LogP contribution in [0.3, 0.4) is 0 Å². The molecule has 2 N–H and O–H groups in total. The highest BCUT2D eigenvalue weighted by Gasteiger charge is 2.29. The maximum absolute atomic E-state index is 12.6. The molecule has 27 heavy (non-hydrogen) atoms. The maximum atomic E-state index is 12.6. The smallest absolute Gasteiger partial charge is 0.282 e. The van der Waals surface area contributed by atoms with Gasteiger partial charge in [-0.25, -0.2) is 0 Å². The van der Waals surface area contributed by atoms with Gasteiger partial charge in [-0.1, -0.05) is 12.1 Å². The zero-order valence-electron chi connectivity index (χ0n) is 15.7. The van der Waals surface area contributed by atoms with E-state index in [4.69, 9.17) is 10.00 Å². The quantitative estimate of drug-likeness (QED) is 0.838. The van der Waals surface area contributed by atoms with Gasteiger partial charge in [-0.15, -0.1) is 0 Å². The van der Waals surface area contributed by atoms with Crippen LogP contribution in [0.1, 0.15) is 12.5 Å². The Balaban J connectivity index is 1.56. The number of quaternary nitrogens is 1. The van der Waals surface area contributed by atoms with Crippen molar-refractivity contribution in [2.24, 2.45) is 0 Å². The second-order valence-corrected chi connectivity index (χ2v) is 6.75. The highest BCUT2D eigenvalue weighted by Crippen LogP contribution is 2.20. The molecule has 3 rings (SSSR count). The lowest BCUT2D eigenvalue weighted by Gasteiger charge is -2.36. The summed E-state index contributed by atoms with van der Waals surface area (Å²) in [6.45, 7) is 5.53. The molecule has 1 aliphatic heterocycles. The van der Waals surface area contributed by atoms with Gasteiger partial charge in [0.15, 0.2) is 6.04 Å². The predicted octanol–water partition coefficient (Wildman–Crippen LogP) is 1.30. The van der Waals surface area contributed by atoms with Gasteiger partial charge in [-0.2, -0.15) is 5.26 Å². The van der Waals surface area contributed by atoms with Crippen molar-refractivity contribution in [1.82, 2.24) is 0 Å². The lowest BCUT2D eigenvalue weighted by atomic mass is 10.1. The van der Waals surface area contributed by atoms with Crippen LogP contribution in [0.15, 0.2) is 48.5 Å². The first kappa shape index (κ1) is 18.7. The molecule has 1 aliphatic rings. The number of nitrogens with zero attached hydrogens (tertiary/aromatic N) is 2. The van der Waals surface area contributed by atoms with Gasteiger partial charge in [0.25, 0.3) is 5.91 Å². The number of hydrogen-bond donors (Lipinski definition) is 2. The number of amides is 1. The number of carbonyl (C=O) groups is 1. The van der Waals surface area contributed by atoms with Crippen molar-refractivity contribution >= 4 is 17.3 Å². The summed E-state index contributed by atoms with van der Waals surface area (Å²) in [5.41, 5.74) is 2.36. The number of nitriles is 1. The number of piperazine rings is 1. The molecule has 2 aromatic carbocycles. The molecule has 2 aromatic rings. The Morgan fingerprint density at radius 2 is 1.96 bits per heavy atom. The molecule has 0 spiro atoms. The number of methoxy groups -OCH3 is 1. The van der Waals surface area contributed by atoms with E-state index in [0.717, 1.165) is 37.6 Å². The Labute approximate surface area is 160 Å². The maximum Gasteiger partial charge on any atom is 0.282 e.